The maximum Gasteiger partial charge on any atom is 0.225 e. The molecular weight excluding hydrogens is 319 g/mol. The van der Waals surface area contributed by atoms with Crippen molar-refractivity contribution in [2.45, 2.75) is 19.8 Å². The van der Waals surface area contributed by atoms with E-state index in [0.717, 1.165) is 44.0 Å². The molecule has 2 heterocycles. The zero-order chi connectivity index (χ0) is 17.4. The molecule has 0 saturated carbocycles. The number of carbonyl (C=O) groups is 1. The van der Waals surface area contributed by atoms with Gasteiger partial charge in [0.15, 0.2) is 5.78 Å². The van der Waals surface area contributed by atoms with Gasteiger partial charge in [-0.1, -0.05) is 6.92 Å². The lowest BCUT2D eigenvalue weighted by Gasteiger charge is -2.36. The van der Waals surface area contributed by atoms with Crippen molar-refractivity contribution in [3.05, 3.63) is 47.5 Å². The summed E-state index contributed by atoms with van der Waals surface area (Å²) in [4.78, 5) is 25.6. The molecule has 1 aliphatic heterocycles. The molecule has 0 spiro atoms. The molecule has 0 amide bonds. The predicted molar refractivity (Wildman–Crippen MR) is 94.7 cm³/mol. The number of ketones is 1. The fourth-order valence-electron chi connectivity index (χ4n) is 3.59. The molecular formula is C19H21FN4O. The zero-order valence-corrected chi connectivity index (χ0v) is 14.3. The van der Waals surface area contributed by atoms with Crippen molar-refractivity contribution in [2.24, 2.45) is 5.92 Å². The van der Waals surface area contributed by atoms with E-state index in [1.54, 1.807) is 6.20 Å². The van der Waals surface area contributed by atoms with Gasteiger partial charge in [0.2, 0.25) is 5.95 Å². The van der Waals surface area contributed by atoms with Crippen LogP contribution in [0.1, 0.15) is 29.4 Å². The van der Waals surface area contributed by atoms with Gasteiger partial charge in [-0.05, 0) is 36.6 Å². The molecule has 1 atom stereocenters. The number of hydrogen-bond donors (Lipinski definition) is 0. The number of Topliss-reactive ketones (excluding diaryl/α,β-unsaturated/α-hetero) is 1. The number of aromatic nitrogens is 2. The van der Waals surface area contributed by atoms with Gasteiger partial charge in [-0.2, -0.15) is 0 Å². The van der Waals surface area contributed by atoms with Crippen LogP contribution < -0.4 is 9.80 Å². The van der Waals surface area contributed by atoms with Crippen LogP contribution in [0.25, 0.3) is 0 Å². The van der Waals surface area contributed by atoms with Crippen molar-refractivity contribution in [1.29, 1.82) is 0 Å². The lowest BCUT2D eigenvalue weighted by Crippen LogP contribution is -2.47. The summed E-state index contributed by atoms with van der Waals surface area (Å²) < 4.78 is 13.1. The standard InChI is InChI=1S/C19H21FN4O/c1-13-10-17-16(18(25)11-13)12-21-19(22-17)24-8-6-23(7-9-24)15-4-2-14(20)3-5-15/h2-5,12-13H,6-11H2,1H3/t13-/m1/s1. The van der Waals surface area contributed by atoms with Crippen molar-refractivity contribution in [3.8, 4) is 0 Å². The van der Waals surface area contributed by atoms with Crippen LogP contribution in [0.3, 0.4) is 0 Å². The van der Waals surface area contributed by atoms with E-state index in [9.17, 15) is 9.18 Å². The van der Waals surface area contributed by atoms with Crippen molar-refractivity contribution in [2.75, 3.05) is 36.0 Å². The van der Waals surface area contributed by atoms with Crippen LogP contribution >= 0.6 is 0 Å². The Labute approximate surface area is 146 Å². The van der Waals surface area contributed by atoms with Gasteiger partial charge in [-0.25, -0.2) is 14.4 Å². The Morgan fingerprint density at radius 3 is 2.44 bits per heavy atom. The summed E-state index contributed by atoms with van der Waals surface area (Å²) in [5.41, 5.74) is 2.60. The van der Waals surface area contributed by atoms with Gasteiger partial charge in [0, 0.05) is 44.5 Å². The summed E-state index contributed by atoms with van der Waals surface area (Å²) in [6.07, 6.45) is 3.12. The zero-order valence-electron chi connectivity index (χ0n) is 14.3. The molecule has 0 radical (unpaired) electrons. The number of halogens is 1. The average molecular weight is 340 g/mol. The molecule has 1 aromatic carbocycles. The van der Waals surface area contributed by atoms with Gasteiger partial charge in [0.05, 0.1) is 11.3 Å². The lowest BCUT2D eigenvalue weighted by atomic mass is 9.88. The average Bonchev–Trinajstić information content (AvgIpc) is 2.62. The summed E-state index contributed by atoms with van der Waals surface area (Å²) in [6.45, 7) is 5.37. The predicted octanol–water partition coefficient (Wildman–Crippen LogP) is 2.71. The van der Waals surface area contributed by atoms with Crippen molar-refractivity contribution in [1.82, 2.24) is 9.97 Å². The van der Waals surface area contributed by atoms with Crippen LogP contribution in [0, 0.1) is 11.7 Å². The summed E-state index contributed by atoms with van der Waals surface area (Å²) >= 11 is 0. The SMILES string of the molecule is C[C@H]1CC(=O)c2cnc(N3CCN(c4ccc(F)cc4)CC3)nc2C1. The third-order valence-corrected chi connectivity index (χ3v) is 4.99. The van der Waals surface area contributed by atoms with E-state index in [1.807, 2.05) is 12.1 Å². The largest absolute Gasteiger partial charge is 0.368 e. The van der Waals surface area contributed by atoms with Gasteiger partial charge in [-0.3, -0.25) is 4.79 Å². The lowest BCUT2D eigenvalue weighted by molar-refractivity contribution is 0.0951. The van der Waals surface area contributed by atoms with Crippen molar-refractivity contribution < 1.29 is 9.18 Å². The first-order valence-electron chi connectivity index (χ1n) is 8.75. The summed E-state index contributed by atoms with van der Waals surface area (Å²) in [7, 11) is 0. The van der Waals surface area contributed by atoms with Crippen LogP contribution in [0.5, 0.6) is 0 Å². The van der Waals surface area contributed by atoms with Gasteiger partial charge < -0.3 is 9.80 Å². The van der Waals surface area contributed by atoms with Crippen molar-refractivity contribution >= 4 is 17.4 Å². The molecule has 1 fully saturated rings. The molecule has 0 N–H and O–H groups in total. The quantitative estimate of drug-likeness (QED) is 0.841. The van der Waals surface area contributed by atoms with Crippen molar-refractivity contribution in [3.63, 3.8) is 0 Å². The molecule has 1 aromatic heterocycles. The third-order valence-electron chi connectivity index (χ3n) is 4.99. The highest BCUT2D eigenvalue weighted by molar-refractivity contribution is 5.98. The van der Waals surface area contributed by atoms with Gasteiger partial charge in [0.1, 0.15) is 5.82 Å². The highest BCUT2D eigenvalue weighted by atomic mass is 19.1. The Kier molecular flexibility index (Phi) is 4.11. The first-order valence-corrected chi connectivity index (χ1v) is 8.75. The van der Waals surface area contributed by atoms with Crippen LogP contribution in [0.2, 0.25) is 0 Å². The number of rotatable bonds is 2. The first-order chi connectivity index (χ1) is 12.1. The second-order valence-corrected chi connectivity index (χ2v) is 6.92. The smallest absolute Gasteiger partial charge is 0.225 e. The van der Waals surface area contributed by atoms with E-state index in [-0.39, 0.29) is 11.6 Å². The number of fused-ring (bicyclic) bond motifs is 1. The van der Waals surface area contributed by atoms with E-state index in [1.165, 1.54) is 12.1 Å². The minimum absolute atomic E-state index is 0.154. The number of carbonyl (C=O) groups excluding carboxylic acids is 1. The number of anilines is 2. The monoisotopic (exact) mass is 340 g/mol. The first kappa shape index (κ1) is 16.0. The Bertz CT molecular complexity index is 785. The molecule has 25 heavy (non-hydrogen) atoms. The Morgan fingerprint density at radius 1 is 1.04 bits per heavy atom. The maximum absolute atomic E-state index is 13.1. The summed E-state index contributed by atoms with van der Waals surface area (Å²) in [5.74, 6) is 0.993. The molecule has 4 rings (SSSR count). The molecule has 6 heteroatoms. The maximum atomic E-state index is 13.1. The highest BCUT2D eigenvalue weighted by Gasteiger charge is 2.26. The second-order valence-electron chi connectivity index (χ2n) is 6.92. The topological polar surface area (TPSA) is 49.3 Å². The van der Waals surface area contributed by atoms with E-state index < -0.39 is 0 Å². The number of piperazine rings is 1. The molecule has 130 valence electrons. The Balaban J connectivity index is 1.47. The third kappa shape index (κ3) is 3.21. The van der Waals surface area contributed by atoms with E-state index in [0.29, 0.717) is 23.9 Å². The van der Waals surface area contributed by atoms with Crippen LogP contribution in [-0.2, 0) is 6.42 Å². The Hall–Kier alpha value is -2.50. The van der Waals surface area contributed by atoms with Crippen LogP contribution in [0.4, 0.5) is 16.0 Å². The minimum atomic E-state index is -0.214. The molecule has 2 aromatic rings. The van der Waals surface area contributed by atoms with Gasteiger partial charge >= 0.3 is 0 Å². The molecule has 0 unspecified atom stereocenters. The fourth-order valence-corrected chi connectivity index (χ4v) is 3.59. The molecule has 5 nitrogen and oxygen atoms in total. The fraction of sp³-hybridized carbons (Fsp3) is 0.421. The normalized spacial score (nSPS) is 20.6. The van der Waals surface area contributed by atoms with E-state index in [4.69, 9.17) is 0 Å². The van der Waals surface area contributed by atoms with Gasteiger partial charge in [-0.15, -0.1) is 0 Å². The number of nitrogens with zero attached hydrogens (tertiary/aromatic N) is 4. The number of hydrogen-bond acceptors (Lipinski definition) is 5. The van der Waals surface area contributed by atoms with Crippen LogP contribution in [-0.4, -0.2) is 41.9 Å². The minimum Gasteiger partial charge on any atom is -0.368 e. The van der Waals surface area contributed by atoms with E-state index in [2.05, 4.69) is 26.7 Å². The molecule has 0 bridgehead atoms. The molecule has 1 saturated heterocycles. The van der Waals surface area contributed by atoms with Crippen LogP contribution in [0.15, 0.2) is 30.5 Å². The highest BCUT2D eigenvalue weighted by Crippen LogP contribution is 2.25. The molecule has 1 aliphatic carbocycles. The molecule has 2 aliphatic rings. The number of benzene rings is 1. The van der Waals surface area contributed by atoms with E-state index >= 15 is 0 Å². The Morgan fingerprint density at radius 2 is 1.72 bits per heavy atom. The van der Waals surface area contributed by atoms with Gasteiger partial charge in [0.25, 0.3) is 0 Å². The summed E-state index contributed by atoms with van der Waals surface area (Å²) in [5, 5.41) is 0. The second kappa shape index (κ2) is 6.43. The summed E-state index contributed by atoms with van der Waals surface area (Å²) in [6, 6.07) is 6.61.